The first-order valence-corrected chi connectivity index (χ1v) is 8.08. The van der Waals surface area contributed by atoms with Crippen molar-refractivity contribution < 1.29 is 13.2 Å². The molecule has 0 radical (unpaired) electrons. The summed E-state index contributed by atoms with van der Waals surface area (Å²) < 4.78 is 32.9. The second-order valence-electron chi connectivity index (χ2n) is 5.97. The van der Waals surface area contributed by atoms with Crippen LogP contribution in [0, 0.1) is 12.3 Å². The number of hydrogen-bond donors (Lipinski definition) is 2. The molecular weight excluding hydrogens is 276 g/mol. The molecule has 1 aromatic rings. The average molecular weight is 298 g/mol. The maximum absolute atomic E-state index is 12.4. The van der Waals surface area contributed by atoms with Crippen LogP contribution in [0.25, 0.3) is 0 Å². The van der Waals surface area contributed by atoms with E-state index in [1.54, 1.807) is 26.2 Å². The van der Waals surface area contributed by atoms with Gasteiger partial charge in [-0.25, -0.2) is 13.1 Å². The van der Waals surface area contributed by atoms with Crippen LogP contribution in [0.2, 0.25) is 0 Å². The second-order valence-corrected chi connectivity index (χ2v) is 7.69. The summed E-state index contributed by atoms with van der Waals surface area (Å²) in [5.41, 5.74) is 6.86. The minimum absolute atomic E-state index is 0.0864. The van der Waals surface area contributed by atoms with Crippen molar-refractivity contribution in [1.29, 1.82) is 0 Å². The molecule has 1 saturated carbocycles. The fourth-order valence-corrected chi connectivity index (χ4v) is 4.05. The van der Waals surface area contributed by atoms with E-state index in [4.69, 9.17) is 10.5 Å². The van der Waals surface area contributed by atoms with E-state index in [0.717, 1.165) is 5.56 Å². The first-order valence-electron chi connectivity index (χ1n) is 6.59. The highest BCUT2D eigenvalue weighted by molar-refractivity contribution is 7.89. The highest BCUT2D eigenvalue weighted by Gasteiger charge is 2.50. The summed E-state index contributed by atoms with van der Waals surface area (Å²) in [4.78, 5) is 0.251. The molecule has 0 saturated heterocycles. The molecule has 2 rings (SSSR count). The van der Waals surface area contributed by atoms with E-state index >= 15 is 0 Å². The summed E-state index contributed by atoms with van der Waals surface area (Å²) in [6.07, 6.45) is 0.778. The first kappa shape index (κ1) is 15.3. The molecule has 5 nitrogen and oxygen atoms in total. The first-order chi connectivity index (χ1) is 9.18. The van der Waals surface area contributed by atoms with Gasteiger partial charge in [-0.15, -0.1) is 0 Å². The third-order valence-corrected chi connectivity index (χ3v) is 5.78. The zero-order chi connectivity index (χ0) is 15.1. The summed E-state index contributed by atoms with van der Waals surface area (Å²) in [5, 5.41) is 0. The molecule has 0 heterocycles. The lowest BCUT2D eigenvalue weighted by atomic mass is 9.65. The maximum atomic E-state index is 12.4. The fraction of sp³-hybridized carbons (Fsp3) is 0.571. The van der Waals surface area contributed by atoms with Gasteiger partial charge in [-0.3, -0.25) is 0 Å². The molecule has 20 heavy (non-hydrogen) atoms. The monoisotopic (exact) mass is 298 g/mol. The Morgan fingerprint density at radius 2 is 2.05 bits per heavy atom. The predicted molar refractivity (Wildman–Crippen MR) is 78.9 cm³/mol. The van der Waals surface area contributed by atoms with Crippen molar-refractivity contribution in [2.24, 2.45) is 5.41 Å². The Labute approximate surface area is 120 Å². The summed E-state index contributed by atoms with van der Waals surface area (Å²) in [6.45, 7) is 5.81. The van der Waals surface area contributed by atoms with Gasteiger partial charge >= 0.3 is 0 Å². The van der Waals surface area contributed by atoms with Crippen molar-refractivity contribution in [3.8, 4) is 0 Å². The van der Waals surface area contributed by atoms with E-state index in [0.29, 0.717) is 12.1 Å². The number of nitrogens with one attached hydrogen (secondary N) is 1. The highest BCUT2D eigenvalue weighted by atomic mass is 32.2. The Kier molecular flexibility index (Phi) is 3.83. The number of anilines is 1. The predicted octanol–water partition coefficient (Wildman–Crippen LogP) is 1.67. The van der Waals surface area contributed by atoms with Crippen LogP contribution in [0.1, 0.15) is 25.8 Å². The Morgan fingerprint density at radius 1 is 1.40 bits per heavy atom. The number of methoxy groups -OCH3 is 1. The van der Waals surface area contributed by atoms with Crippen LogP contribution in [-0.4, -0.2) is 27.7 Å². The molecule has 0 amide bonds. The average Bonchev–Trinajstić information content (AvgIpc) is 2.37. The molecule has 2 atom stereocenters. The molecule has 0 spiro atoms. The van der Waals surface area contributed by atoms with Crippen LogP contribution in [0.4, 0.5) is 5.69 Å². The third-order valence-electron chi connectivity index (χ3n) is 4.31. The molecule has 1 fully saturated rings. The lowest BCUT2D eigenvalue weighted by Gasteiger charge is -2.50. The van der Waals surface area contributed by atoms with E-state index in [-0.39, 0.29) is 22.5 Å². The van der Waals surface area contributed by atoms with Crippen LogP contribution >= 0.6 is 0 Å². The Bertz CT molecular complexity index is 611. The summed E-state index contributed by atoms with van der Waals surface area (Å²) in [5.74, 6) is 0. The van der Waals surface area contributed by atoms with Gasteiger partial charge in [0, 0.05) is 24.3 Å². The van der Waals surface area contributed by atoms with Gasteiger partial charge in [0.15, 0.2) is 0 Å². The Morgan fingerprint density at radius 3 is 2.55 bits per heavy atom. The minimum Gasteiger partial charge on any atom is -0.399 e. The van der Waals surface area contributed by atoms with Gasteiger partial charge in [-0.2, -0.15) is 0 Å². The van der Waals surface area contributed by atoms with Gasteiger partial charge in [0.2, 0.25) is 10.0 Å². The number of ether oxygens (including phenoxy) is 1. The SMILES string of the molecule is COC1CC(NS(=O)(=O)c2ccc(N)c(C)c2)C1(C)C. The minimum atomic E-state index is -3.52. The zero-order valence-corrected chi connectivity index (χ0v) is 13.1. The molecule has 2 unspecified atom stereocenters. The van der Waals surface area contributed by atoms with Gasteiger partial charge in [0.05, 0.1) is 11.0 Å². The molecule has 0 aromatic heterocycles. The molecule has 112 valence electrons. The fourth-order valence-electron chi connectivity index (χ4n) is 2.56. The van der Waals surface area contributed by atoms with Gasteiger partial charge in [0.1, 0.15) is 0 Å². The zero-order valence-electron chi connectivity index (χ0n) is 12.3. The lowest BCUT2D eigenvalue weighted by Crippen LogP contribution is -2.61. The lowest BCUT2D eigenvalue weighted by molar-refractivity contribution is -0.0908. The number of aryl methyl sites for hydroxylation is 1. The summed E-state index contributed by atoms with van der Waals surface area (Å²) in [6, 6.07) is 4.63. The normalized spacial score (nSPS) is 25.2. The molecule has 6 heteroatoms. The standard InChI is InChI=1S/C14H22N2O3S/c1-9-7-10(5-6-11(9)15)20(17,18)16-12-8-13(19-4)14(12,2)3/h5-7,12-13,16H,8,15H2,1-4H3. The van der Waals surface area contributed by atoms with Crippen LogP contribution in [0.15, 0.2) is 23.1 Å². The Balaban J connectivity index is 2.18. The Hall–Kier alpha value is -1.11. The number of hydrogen-bond acceptors (Lipinski definition) is 4. The molecule has 1 aliphatic carbocycles. The number of nitrogens with two attached hydrogens (primary N) is 1. The van der Waals surface area contributed by atoms with Crippen molar-refractivity contribution >= 4 is 15.7 Å². The molecule has 1 aromatic carbocycles. The van der Waals surface area contributed by atoms with Gasteiger partial charge in [-0.05, 0) is 37.1 Å². The third kappa shape index (κ3) is 2.55. The van der Waals surface area contributed by atoms with Crippen LogP contribution in [0.3, 0.4) is 0 Å². The molecule has 1 aliphatic rings. The van der Waals surface area contributed by atoms with Gasteiger partial charge < -0.3 is 10.5 Å². The van der Waals surface area contributed by atoms with E-state index < -0.39 is 10.0 Å². The number of benzene rings is 1. The van der Waals surface area contributed by atoms with E-state index in [2.05, 4.69) is 4.72 Å². The molecule has 0 aliphatic heterocycles. The van der Waals surface area contributed by atoms with Crippen LogP contribution in [0.5, 0.6) is 0 Å². The van der Waals surface area contributed by atoms with Gasteiger partial charge in [-0.1, -0.05) is 13.8 Å². The van der Waals surface area contributed by atoms with Crippen molar-refractivity contribution in [2.45, 2.75) is 44.2 Å². The van der Waals surface area contributed by atoms with Crippen molar-refractivity contribution in [3.63, 3.8) is 0 Å². The second kappa shape index (κ2) is 5.02. The van der Waals surface area contributed by atoms with Crippen molar-refractivity contribution in [2.75, 3.05) is 12.8 Å². The summed E-state index contributed by atoms with van der Waals surface area (Å²) >= 11 is 0. The largest absolute Gasteiger partial charge is 0.399 e. The quantitative estimate of drug-likeness (QED) is 0.829. The topological polar surface area (TPSA) is 81.4 Å². The number of rotatable bonds is 4. The van der Waals surface area contributed by atoms with E-state index in [1.807, 2.05) is 13.8 Å². The van der Waals surface area contributed by atoms with Crippen molar-refractivity contribution in [3.05, 3.63) is 23.8 Å². The van der Waals surface area contributed by atoms with Crippen LogP contribution < -0.4 is 10.5 Å². The van der Waals surface area contributed by atoms with Gasteiger partial charge in [0.25, 0.3) is 0 Å². The summed E-state index contributed by atoms with van der Waals surface area (Å²) in [7, 11) is -1.87. The molecule has 3 N–H and O–H groups in total. The smallest absolute Gasteiger partial charge is 0.240 e. The molecular formula is C14H22N2O3S. The van der Waals surface area contributed by atoms with E-state index in [9.17, 15) is 8.42 Å². The maximum Gasteiger partial charge on any atom is 0.240 e. The highest BCUT2D eigenvalue weighted by Crippen LogP contribution is 2.43. The van der Waals surface area contributed by atoms with Crippen LogP contribution in [-0.2, 0) is 14.8 Å². The van der Waals surface area contributed by atoms with Crippen molar-refractivity contribution in [1.82, 2.24) is 4.72 Å². The molecule has 0 bridgehead atoms. The number of sulfonamides is 1. The number of nitrogen functional groups attached to an aromatic ring is 1. The van der Waals surface area contributed by atoms with E-state index in [1.165, 1.54) is 6.07 Å².